The third-order valence-corrected chi connectivity index (χ3v) is 4.16. The molecule has 0 saturated carbocycles. The fourth-order valence-electron chi connectivity index (χ4n) is 2.47. The molecule has 3 nitrogen and oxygen atoms in total. The van der Waals surface area contributed by atoms with E-state index in [-0.39, 0.29) is 5.91 Å². The van der Waals surface area contributed by atoms with Gasteiger partial charge in [0.2, 0.25) is 5.91 Å². The number of carbonyl (C=O) groups excluding carboxylic acids is 1. The summed E-state index contributed by atoms with van der Waals surface area (Å²) in [5, 5.41) is 0. The summed E-state index contributed by atoms with van der Waals surface area (Å²) in [6.07, 6.45) is 4.28. The Balaban J connectivity index is 2.06. The highest BCUT2D eigenvalue weighted by Gasteiger charge is 2.31. The predicted molar refractivity (Wildman–Crippen MR) is 76.5 cm³/mol. The Kier molecular flexibility index (Phi) is 4.66. The largest absolute Gasteiger partial charge is 0.337 e. The number of rotatable bonds is 4. The first-order valence-electron chi connectivity index (χ1n) is 6.34. The Morgan fingerprint density at radius 3 is 2.89 bits per heavy atom. The molecule has 4 heteroatoms. The van der Waals surface area contributed by atoms with Gasteiger partial charge in [0, 0.05) is 18.3 Å². The number of nitrogens with zero attached hydrogens (tertiary/aromatic N) is 1. The average Bonchev–Trinajstić information content (AvgIpc) is 2.87. The molecule has 0 aromatic heterocycles. The molecule has 0 bridgehead atoms. The zero-order valence-corrected chi connectivity index (χ0v) is 11.5. The lowest BCUT2D eigenvalue weighted by Gasteiger charge is -2.27. The second kappa shape index (κ2) is 6.25. The van der Waals surface area contributed by atoms with Crippen LogP contribution in [0.15, 0.2) is 30.3 Å². The minimum atomic E-state index is -0.520. The van der Waals surface area contributed by atoms with Gasteiger partial charge in [0.05, 0.1) is 0 Å². The Bertz CT molecular complexity index is 396. The van der Waals surface area contributed by atoms with Crippen molar-refractivity contribution in [2.75, 3.05) is 18.6 Å². The van der Waals surface area contributed by atoms with Gasteiger partial charge in [0.25, 0.3) is 0 Å². The summed E-state index contributed by atoms with van der Waals surface area (Å²) in [5.74, 6) is 1.07. The van der Waals surface area contributed by atoms with Crippen molar-refractivity contribution in [2.45, 2.75) is 24.9 Å². The normalized spacial score (nSPS) is 21.0. The maximum absolute atomic E-state index is 12.4. The average molecular weight is 264 g/mol. The molecule has 98 valence electrons. The van der Waals surface area contributed by atoms with Crippen LogP contribution in [0, 0.1) is 0 Å². The van der Waals surface area contributed by atoms with E-state index in [1.807, 2.05) is 35.2 Å². The SMILES string of the molecule is CSC[C@@H]1CCCN1C(=O)[C@H](N)c1ccccc1. The number of amides is 1. The molecular weight excluding hydrogens is 244 g/mol. The van der Waals surface area contributed by atoms with Gasteiger partial charge in [-0.15, -0.1) is 0 Å². The number of likely N-dealkylation sites (tertiary alicyclic amines) is 1. The summed E-state index contributed by atoms with van der Waals surface area (Å²) in [4.78, 5) is 14.4. The minimum absolute atomic E-state index is 0.0674. The minimum Gasteiger partial charge on any atom is -0.337 e. The highest BCUT2D eigenvalue weighted by molar-refractivity contribution is 7.98. The van der Waals surface area contributed by atoms with Crippen LogP contribution >= 0.6 is 11.8 Å². The number of hydrogen-bond donors (Lipinski definition) is 1. The van der Waals surface area contributed by atoms with E-state index in [1.54, 1.807) is 11.8 Å². The molecule has 1 aliphatic heterocycles. The Labute approximate surface area is 113 Å². The number of benzene rings is 1. The standard InChI is InChI=1S/C14H20N2OS/c1-18-10-12-8-5-9-16(12)14(17)13(15)11-6-3-2-4-7-11/h2-4,6-7,12-13H,5,8-10,15H2,1H3/t12-,13+/m0/s1. The van der Waals surface area contributed by atoms with Crippen molar-refractivity contribution >= 4 is 17.7 Å². The zero-order chi connectivity index (χ0) is 13.0. The fraction of sp³-hybridized carbons (Fsp3) is 0.500. The van der Waals surface area contributed by atoms with Gasteiger partial charge in [-0.2, -0.15) is 11.8 Å². The van der Waals surface area contributed by atoms with Gasteiger partial charge < -0.3 is 10.6 Å². The molecule has 0 radical (unpaired) electrons. The van der Waals surface area contributed by atoms with Gasteiger partial charge in [0.1, 0.15) is 6.04 Å². The van der Waals surface area contributed by atoms with E-state index in [0.717, 1.165) is 30.7 Å². The molecule has 2 rings (SSSR count). The molecule has 1 fully saturated rings. The van der Waals surface area contributed by atoms with Crippen LogP contribution in [0.5, 0.6) is 0 Å². The summed E-state index contributed by atoms with van der Waals surface area (Å²) >= 11 is 1.79. The van der Waals surface area contributed by atoms with Crippen LogP contribution in [-0.4, -0.2) is 35.4 Å². The van der Waals surface area contributed by atoms with Gasteiger partial charge in [-0.3, -0.25) is 4.79 Å². The lowest BCUT2D eigenvalue weighted by molar-refractivity contribution is -0.133. The van der Waals surface area contributed by atoms with Crippen molar-refractivity contribution in [3.05, 3.63) is 35.9 Å². The highest BCUT2D eigenvalue weighted by Crippen LogP contribution is 2.24. The van der Waals surface area contributed by atoms with Gasteiger partial charge in [-0.25, -0.2) is 0 Å². The lowest BCUT2D eigenvalue weighted by atomic mass is 10.1. The van der Waals surface area contributed by atoms with Crippen LogP contribution in [0.4, 0.5) is 0 Å². The number of thioether (sulfide) groups is 1. The zero-order valence-electron chi connectivity index (χ0n) is 10.7. The van der Waals surface area contributed by atoms with Crippen molar-refractivity contribution in [3.8, 4) is 0 Å². The quantitative estimate of drug-likeness (QED) is 0.905. The first-order chi connectivity index (χ1) is 8.74. The van der Waals surface area contributed by atoms with Crippen molar-refractivity contribution in [1.82, 2.24) is 4.90 Å². The van der Waals surface area contributed by atoms with E-state index in [1.165, 1.54) is 0 Å². The van der Waals surface area contributed by atoms with Crippen molar-refractivity contribution in [1.29, 1.82) is 0 Å². The van der Waals surface area contributed by atoms with E-state index in [4.69, 9.17) is 5.73 Å². The third kappa shape index (κ3) is 2.87. The fourth-order valence-corrected chi connectivity index (χ4v) is 3.20. The molecule has 2 N–H and O–H groups in total. The highest BCUT2D eigenvalue weighted by atomic mass is 32.2. The van der Waals surface area contributed by atoms with Crippen LogP contribution in [0.1, 0.15) is 24.4 Å². The van der Waals surface area contributed by atoms with E-state index in [0.29, 0.717) is 6.04 Å². The number of hydrogen-bond acceptors (Lipinski definition) is 3. The van der Waals surface area contributed by atoms with Gasteiger partial charge in [-0.1, -0.05) is 30.3 Å². The molecule has 0 unspecified atom stereocenters. The van der Waals surface area contributed by atoms with Crippen LogP contribution in [0.3, 0.4) is 0 Å². The van der Waals surface area contributed by atoms with Gasteiger partial charge in [0.15, 0.2) is 0 Å². The third-order valence-electron chi connectivity index (χ3n) is 3.44. The predicted octanol–water partition coefficient (Wildman–Crippen LogP) is 2.04. The maximum Gasteiger partial charge on any atom is 0.244 e. The summed E-state index contributed by atoms with van der Waals surface area (Å²) in [7, 11) is 0. The molecule has 2 atom stereocenters. The second-order valence-corrected chi connectivity index (χ2v) is 5.58. The van der Waals surface area contributed by atoms with E-state index < -0.39 is 6.04 Å². The lowest BCUT2D eigenvalue weighted by Crippen LogP contribution is -2.42. The maximum atomic E-state index is 12.4. The monoisotopic (exact) mass is 264 g/mol. The topological polar surface area (TPSA) is 46.3 Å². The van der Waals surface area contributed by atoms with E-state index >= 15 is 0 Å². The Morgan fingerprint density at radius 1 is 1.50 bits per heavy atom. The van der Waals surface area contributed by atoms with Gasteiger partial charge in [-0.05, 0) is 24.7 Å². The summed E-state index contributed by atoms with van der Waals surface area (Å²) in [5.41, 5.74) is 6.98. The molecule has 0 aliphatic carbocycles. The van der Waals surface area contributed by atoms with Crippen LogP contribution in [0.25, 0.3) is 0 Å². The summed E-state index contributed by atoms with van der Waals surface area (Å²) in [6.45, 7) is 0.852. The molecule has 1 saturated heterocycles. The van der Waals surface area contributed by atoms with Crippen LogP contribution in [-0.2, 0) is 4.79 Å². The summed E-state index contributed by atoms with van der Waals surface area (Å²) in [6, 6.07) is 9.46. The Morgan fingerprint density at radius 2 is 2.22 bits per heavy atom. The first kappa shape index (κ1) is 13.4. The number of nitrogens with two attached hydrogens (primary N) is 1. The molecule has 1 aromatic carbocycles. The van der Waals surface area contributed by atoms with Crippen LogP contribution in [0.2, 0.25) is 0 Å². The van der Waals surface area contributed by atoms with Crippen molar-refractivity contribution in [3.63, 3.8) is 0 Å². The Hall–Kier alpha value is -1.00. The second-order valence-electron chi connectivity index (χ2n) is 4.67. The van der Waals surface area contributed by atoms with Gasteiger partial charge >= 0.3 is 0 Å². The number of carbonyl (C=O) groups is 1. The summed E-state index contributed by atoms with van der Waals surface area (Å²) < 4.78 is 0. The molecule has 0 spiro atoms. The van der Waals surface area contributed by atoms with E-state index in [2.05, 4.69) is 6.26 Å². The van der Waals surface area contributed by atoms with Crippen molar-refractivity contribution < 1.29 is 4.79 Å². The first-order valence-corrected chi connectivity index (χ1v) is 7.73. The molecule has 1 amide bonds. The van der Waals surface area contributed by atoms with E-state index in [9.17, 15) is 4.79 Å². The van der Waals surface area contributed by atoms with Crippen molar-refractivity contribution in [2.24, 2.45) is 5.73 Å². The molecule has 1 aromatic rings. The molecule has 1 aliphatic rings. The molecule has 1 heterocycles. The molecule has 18 heavy (non-hydrogen) atoms. The van der Waals surface area contributed by atoms with Crippen LogP contribution < -0.4 is 5.73 Å². The smallest absolute Gasteiger partial charge is 0.244 e. The molecular formula is C14H20N2OS.